The molecule has 0 spiro atoms. The average Bonchev–Trinajstić information content (AvgIpc) is 3.72. The second kappa shape index (κ2) is 15.7. The van der Waals surface area contributed by atoms with E-state index in [9.17, 15) is 32.0 Å². The molecular formula is C32H33Cl2F2N3O8S2. The molecule has 2 aromatic carbocycles. The van der Waals surface area contributed by atoms with E-state index in [4.69, 9.17) is 32.7 Å². The van der Waals surface area contributed by atoms with Gasteiger partial charge in [-0.05, 0) is 54.2 Å². The van der Waals surface area contributed by atoms with E-state index in [1.165, 1.54) is 29.2 Å². The molecule has 1 saturated carbocycles. The van der Waals surface area contributed by atoms with Crippen molar-refractivity contribution in [3.05, 3.63) is 92.4 Å². The lowest BCUT2D eigenvalue weighted by atomic mass is 10.0. The Kier molecular flexibility index (Phi) is 11.8. The first-order valence-electron chi connectivity index (χ1n) is 15.1. The van der Waals surface area contributed by atoms with E-state index >= 15 is 0 Å². The van der Waals surface area contributed by atoms with Crippen molar-refractivity contribution in [3.63, 3.8) is 0 Å². The number of hydrogen-bond acceptors (Lipinski definition) is 9. The van der Waals surface area contributed by atoms with Gasteiger partial charge in [0, 0.05) is 43.9 Å². The van der Waals surface area contributed by atoms with Crippen LogP contribution in [0.2, 0.25) is 10.0 Å². The van der Waals surface area contributed by atoms with Crippen molar-refractivity contribution < 1.29 is 45.7 Å². The Bertz CT molecular complexity index is 1790. The van der Waals surface area contributed by atoms with Crippen molar-refractivity contribution in [2.45, 2.75) is 43.1 Å². The molecule has 0 unspecified atom stereocenters. The van der Waals surface area contributed by atoms with Crippen LogP contribution in [0.1, 0.15) is 46.0 Å². The summed E-state index contributed by atoms with van der Waals surface area (Å²) < 4.78 is 71.6. The summed E-state index contributed by atoms with van der Waals surface area (Å²) in [7, 11) is -0.907. The Hall–Kier alpha value is -3.37. The molecule has 264 valence electrons. The topological polar surface area (TPSA) is 129 Å². The van der Waals surface area contributed by atoms with Gasteiger partial charge in [-0.2, -0.15) is 17.8 Å². The number of aromatic nitrogens is 1. The quantitative estimate of drug-likeness (QED) is 0.120. The smallest absolute Gasteiger partial charge is 0.387 e. The number of thioether (sulfide) groups is 1. The molecule has 1 aromatic heterocycles. The van der Waals surface area contributed by atoms with Gasteiger partial charge in [0.05, 0.1) is 12.4 Å². The number of ether oxygens (including phenoxy) is 3. The van der Waals surface area contributed by atoms with Crippen molar-refractivity contribution in [1.82, 2.24) is 9.21 Å². The van der Waals surface area contributed by atoms with Crippen molar-refractivity contribution >= 4 is 56.9 Å². The summed E-state index contributed by atoms with van der Waals surface area (Å²) in [5, 5.41) is 10.6. The molecule has 1 saturated heterocycles. The van der Waals surface area contributed by atoms with E-state index in [0.29, 0.717) is 27.2 Å². The minimum Gasteiger partial charge on any atom is -0.619 e. The van der Waals surface area contributed by atoms with E-state index < -0.39 is 39.8 Å². The fourth-order valence-electron chi connectivity index (χ4n) is 5.13. The monoisotopic (exact) mass is 759 g/mol. The summed E-state index contributed by atoms with van der Waals surface area (Å²) in [5.41, 5.74) is 1.24. The number of pyridine rings is 1. The maximum Gasteiger partial charge on any atom is 0.387 e. The molecule has 0 radical (unpaired) electrons. The number of nitrogens with zero attached hydrogens (tertiary/aromatic N) is 3. The molecule has 2 aliphatic rings. The number of carbonyl (C=O) groups is 2. The van der Waals surface area contributed by atoms with Crippen molar-refractivity contribution in [2.75, 3.05) is 33.0 Å². The van der Waals surface area contributed by atoms with E-state index in [2.05, 4.69) is 4.74 Å². The third kappa shape index (κ3) is 9.45. The van der Waals surface area contributed by atoms with Crippen LogP contribution in [0.25, 0.3) is 0 Å². The normalized spacial score (nSPS) is 17.2. The second-order valence-corrected chi connectivity index (χ2v) is 15.7. The predicted octanol–water partition coefficient (Wildman–Crippen LogP) is 5.45. The van der Waals surface area contributed by atoms with Crippen LogP contribution < -0.4 is 14.2 Å². The van der Waals surface area contributed by atoms with Gasteiger partial charge in [-0.25, -0.2) is 13.2 Å². The van der Waals surface area contributed by atoms with Crippen LogP contribution in [0.3, 0.4) is 0 Å². The summed E-state index contributed by atoms with van der Waals surface area (Å²) in [6.07, 6.45) is 2.70. The van der Waals surface area contributed by atoms with E-state index in [0.717, 1.165) is 41.3 Å². The summed E-state index contributed by atoms with van der Waals surface area (Å²) in [5.74, 6) is -1.27. The number of benzene rings is 2. The highest BCUT2D eigenvalue weighted by Gasteiger charge is 2.41. The Morgan fingerprint density at radius 3 is 2.47 bits per heavy atom. The van der Waals surface area contributed by atoms with Crippen LogP contribution >= 0.6 is 35.0 Å². The predicted molar refractivity (Wildman–Crippen MR) is 179 cm³/mol. The van der Waals surface area contributed by atoms with E-state index in [1.807, 2.05) is 0 Å². The molecular weight excluding hydrogens is 727 g/mol. The van der Waals surface area contributed by atoms with Gasteiger partial charge in [0.1, 0.15) is 16.1 Å². The van der Waals surface area contributed by atoms with E-state index in [1.54, 1.807) is 32.3 Å². The summed E-state index contributed by atoms with van der Waals surface area (Å²) in [4.78, 5) is 27.6. The lowest BCUT2D eigenvalue weighted by Crippen LogP contribution is -2.41. The van der Waals surface area contributed by atoms with E-state index in [-0.39, 0.29) is 58.5 Å². The van der Waals surface area contributed by atoms with Gasteiger partial charge in [0.2, 0.25) is 10.0 Å². The number of alkyl halides is 2. The number of esters is 1. The first-order chi connectivity index (χ1) is 23.2. The van der Waals surface area contributed by atoms with Gasteiger partial charge in [-0.3, -0.25) is 4.79 Å². The van der Waals surface area contributed by atoms with Crippen LogP contribution in [0.15, 0.2) is 54.9 Å². The maximum absolute atomic E-state index is 13.8. The van der Waals surface area contributed by atoms with Crippen LogP contribution in [-0.4, -0.2) is 74.5 Å². The largest absolute Gasteiger partial charge is 0.619 e. The second-order valence-electron chi connectivity index (χ2n) is 11.8. The van der Waals surface area contributed by atoms with Crippen molar-refractivity contribution in [1.29, 1.82) is 0 Å². The molecule has 1 aliphatic heterocycles. The Morgan fingerprint density at radius 1 is 1.10 bits per heavy atom. The Balaban J connectivity index is 1.43. The average molecular weight is 761 g/mol. The van der Waals surface area contributed by atoms with Crippen molar-refractivity contribution in [2.24, 2.45) is 5.92 Å². The summed E-state index contributed by atoms with van der Waals surface area (Å²) in [6.45, 7) is -2.82. The molecule has 17 heteroatoms. The number of rotatable bonds is 14. The molecule has 1 amide bonds. The highest BCUT2D eigenvalue weighted by molar-refractivity contribution is 8.01. The van der Waals surface area contributed by atoms with Gasteiger partial charge in [-0.15, -0.1) is 11.8 Å². The molecule has 49 heavy (non-hydrogen) atoms. The Labute approximate surface area is 296 Å². The zero-order valence-corrected chi connectivity index (χ0v) is 29.5. The molecule has 0 bridgehead atoms. The molecule has 11 nitrogen and oxygen atoms in total. The van der Waals surface area contributed by atoms with Gasteiger partial charge in [0.25, 0.3) is 5.91 Å². The minimum atomic E-state index is -4.08. The SMILES string of the molecule is CN(C)C(=O)c1cccc(CS(=O)(=O)N2CCS[C@H]2C(=O)O[C@@H](Cc2c(Cl)c[n+]([O-])cc2Cl)c2ccc(OC(F)F)c(OCC3CC3)c2)c1. The number of amides is 1. The van der Waals surface area contributed by atoms with Crippen LogP contribution in [0.4, 0.5) is 8.78 Å². The first-order valence-corrected chi connectivity index (χ1v) is 18.5. The summed E-state index contributed by atoms with van der Waals surface area (Å²) >= 11 is 13.8. The standard InChI is InChI=1S/C32H33Cl2F2N3O8S2/c1-37(2)29(40)22-5-3-4-20(12-22)18-49(43,44)39-10-11-48-30(39)31(41)46-27(14-23-24(33)15-38(42)16-25(23)34)21-8-9-26(47-32(35)36)28(13-21)45-17-19-6-7-19/h3-5,8-9,12-13,15-16,19,27,30,32H,6-7,10-11,14,17-18H2,1-2H3/t27-,30-/m0/s1. The molecule has 1 aliphatic carbocycles. The number of hydrogen-bond donors (Lipinski definition) is 0. The number of sulfonamides is 1. The zero-order valence-electron chi connectivity index (χ0n) is 26.4. The number of halogens is 4. The fraction of sp³-hybridized carbons (Fsp3) is 0.406. The van der Waals surface area contributed by atoms with Gasteiger partial charge >= 0.3 is 12.6 Å². The van der Waals surface area contributed by atoms with Crippen LogP contribution in [0.5, 0.6) is 11.5 Å². The molecule has 2 heterocycles. The highest BCUT2D eigenvalue weighted by Crippen LogP contribution is 2.39. The maximum atomic E-state index is 13.8. The first kappa shape index (κ1) is 36.9. The van der Waals surface area contributed by atoms with Gasteiger partial charge in [0.15, 0.2) is 29.3 Å². The fourth-order valence-corrected chi connectivity index (χ4v) is 8.92. The third-order valence-corrected chi connectivity index (χ3v) is 11.5. The van der Waals surface area contributed by atoms with Crippen LogP contribution in [-0.2, 0) is 31.7 Å². The number of carbonyl (C=O) groups excluding carboxylic acids is 2. The lowest BCUT2D eigenvalue weighted by Gasteiger charge is -2.26. The molecule has 2 atom stereocenters. The summed E-state index contributed by atoms with van der Waals surface area (Å²) in [6, 6.07) is 10.3. The highest BCUT2D eigenvalue weighted by atomic mass is 35.5. The molecule has 3 aromatic rings. The zero-order chi connectivity index (χ0) is 35.5. The minimum absolute atomic E-state index is 0.00262. The Morgan fingerprint density at radius 2 is 1.82 bits per heavy atom. The molecule has 2 fully saturated rings. The third-order valence-electron chi connectivity index (χ3n) is 7.77. The molecule has 5 rings (SSSR count). The van der Waals surface area contributed by atoms with Crippen molar-refractivity contribution in [3.8, 4) is 11.5 Å². The van der Waals surface area contributed by atoms with Crippen LogP contribution in [0, 0.1) is 11.1 Å². The lowest BCUT2D eigenvalue weighted by molar-refractivity contribution is -0.605. The molecule has 0 N–H and O–H groups in total. The van der Waals surface area contributed by atoms with Gasteiger partial charge in [-0.1, -0.05) is 41.4 Å². The van der Waals surface area contributed by atoms with Gasteiger partial charge < -0.3 is 24.3 Å².